The van der Waals surface area contributed by atoms with Crippen LogP contribution in [0.25, 0.3) is 0 Å². The fourth-order valence-electron chi connectivity index (χ4n) is 1.77. The maximum Gasteiger partial charge on any atom is 0.243 e. The van der Waals surface area contributed by atoms with Crippen LogP contribution in [0.2, 0.25) is 5.02 Å². The van der Waals surface area contributed by atoms with E-state index in [1.165, 1.54) is 16.4 Å². The highest BCUT2D eigenvalue weighted by Gasteiger charge is 2.29. The molecule has 0 aliphatic carbocycles. The number of aliphatic hydroxyl groups is 1. The van der Waals surface area contributed by atoms with Crippen LogP contribution >= 0.6 is 11.6 Å². The summed E-state index contributed by atoms with van der Waals surface area (Å²) in [7, 11) is -3.74. The third kappa shape index (κ3) is 3.85. The number of likely N-dealkylation sites (N-methyl/N-ethyl adjacent to an activating group) is 1. The van der Waals surface area contributed by atoms with E-state index in [0.29, 0.717) is 16.3 Å². The molecule has 3 N–H and O–H groups in total. The molecule has 0 fully saturated rings. The van der Waals surface area contributed by atoms with Gasteiger partial charge in [-0.15, -0.1) is 0 Å². The second-order valence-electron chi connectivity index (χ2n) is 5.36. The zero-order valence-electron chi connectivity index (χ0n) is 12.1. The van der Waals surface area contributed by atoms with Crippen LogP contribution in [0.15, 0.2) is 17.0 Å². The van der Waals surface area contributed by atoms with Gasteiger partial charge in [-0.05, 0) is 38.5 Å². The average Bonchev–Trinajstić information content (AvgIpc) is 2.30. The zero-order chi connectivity index (χ0) is 15.7. The van der Waals surface area contributed by atoms with Crippen LogP contribution in [0.1, 0.15) is 26.3 Å². The van der Waals surface area contributed by atoms with E-state index in [0.717, 1.165) is 0 Å². The number of anilines is 1. The minimum absolute atomic E-state index is 0.00274. The van der Waals surface area contributed by atoms with E-state index < -0.39 is 15.6 Å². The molecular formula is C13H21ClN2O3S. The molecule has 0 aliphatic heterocycles. The molecule has 0 saturated carbocycles. The second kappa shape index (κ2) is 5.89. The maximum absolute atomic E-state index is 12.6. The first-order valence-electron chi connectivity index (χ1n) is 6.27. The number of nitrogens with two attached hydrogens (primary N) is 1. The minimum Gasteiger partial charge on any atom is -0.398 e. The van der Waals surface area contributed by atoms with Crippen molar-refractivity contribution in [1.29, 1.82) is 0 Å². The number of nitrogen functional groups attached to an aromatic ring is 1. The number of hydrogen-bond donors (Lipinski definition) is 2. The number of halogens is 1. The summed E-state index contributed by atoms with van der Waals surface area (Å²) in [5.41, 5.74) is 5.63. The number of nitrogens with zero attached hydrogens (tertiary/aromatic N) is 1. The van der Waals surface area contributed by atoms with Gasteiger partial charge in [0.1, 0.15) is 0 Å². The zero-order valence-corrected chi connectivity index (χ0v) is 13.7. The summed E-state index contributed by atoms with van der Waals surface area (Å²) in [5.74, 6) is 0. The van der Waals surface area contributed by atoms with E-state index in [4.69, 9.17) is 17.3 Å². The van der Waals surface area contributed by atoms with Crippen molar-refractivity contribution in [2.24, 2.45) is 0 Å². The maximum atomic E-state index is 12.6. The molecule has 0 bridgehead atoms. The summed E-state index contributed by atoms with van der Waals surface area (Å²) in [6.07, 6.45) is 0. The van der Waals surface area contributed by atoms with E-state index in [2.05, 4.69) is 0 Å². The van der Waals surface area contributed by atoms with Gasteiger partial charge in [0, 0.05) is 23.8 Å². The lowest BCUT2D eigenvalue weighted by atomic mass is 10.1. The SMILES string of the molecule is CCN(CC(C)(C)O)S(=O)(=O)c1cc(N)c(C)c(Cl)c1. The highest BCUT2D eigenvalue weighted by Crippen LogP contribution is 2.28. The Kier molecular flexibility index (Phi) is 5.08. The molecule has 0 unspecified atom stereocenters. The van der Waals surface area contributed by atoms with Gasteiger partial charge in [-0.3, -0.25) is 0 Å². The van der Waals surface area contributed by atoms with Crippen molar-refractivity contribution in [2.75, 3.05) is 18.8 Å². The van der Waals surface area contributed by atoms with Crippen molar-refractivity contribution in [3.63, 3.8) is 0 Å². The second-order valence-corrected chi connectivity index (χ2v) is 7.71. The predicted octanol–water partition coefficient (Wildman–Crippen LogP) is 2.01. The Balaban J connectivity index is 3.28. The van der Waals surface area contributed by atoms with Crippen LogP contribution < -0.4 is 5.73 Å². The third-order valence-corrected chi connectivity index (χ3v) is 5.20. The van der Waals surface area contributed by atoms with Crippen LogP contribution in [0.3, 0.4) is 0 Å². The fourth-order valence-corrected chi connectivity index (χ4v) is 3.73. The molecule has 0 aliphatic rings. The number of benzene rings is 1. The Morgan fingerprint density at radius 1 is 1.40 bits per heavy atom. The van der Waals surface area contributed by atoms with Gasteiger partial charge in [0.15, 0.2) is 0 Å². The van der Waals surface area contributed by atoms with Gasteiger partial charge in [-0.2, -0.15) is 4.31 Å². The molecule has 7 heteroatoms. The number of hydrogen-bond acceptors (Lipinski definition) is 4. The molecule has 0 radical (unpaired) electrons. The van der Waals surface area contributed by atoms with Crippen LogP contribution in [-0.4, -0.2) is 36.5 Å². The van der Waals surface area contributed by atoms with E-state index in [1.54, 1.807) is 27.7 Å². The van der Waals surface area contributed by atoms with Gasteiger partial charge < -0.3 is 10.8 Å². The van der Waals surface area contributed by atoms with Gasteiger partial charge in [0.25, 0.3) is 0 Å². The van der Waals surface area contributed by atoms with Crippen LogP contribution in [0.4, 0.5) is 5.69 Å². The van der Waals surface area contributed by atoms with Crippen molar-refractivity contribution in [2.45, 2.75) is 38.2 Å². The van der Waals surface area contributed by atoms with Gasteiger partial charge in [0.05, 0.1) is 10.5 Å². The smallest absolute Gasteiger partial charge is 0.243 e. The number of rotatable bonds is 5. The van der Waals surface area contributed by atoms with Crippen LogP contribution in [0.5, 0.6) is 0 Å². The van der Waals surface area contributed by atoms with Gasteiger partial charge in [0.2, 0.25) is 10.0 Å². The Bertz CT molecular complexity index is 571. The van der Waals surface area contributed by atoms with Crippen molar-refractivity contribution in [1.82, 2.24) is 4.31 Å². The quantitative estimate of drug-likeness (QED) is 0.813. The highest BCUT2D eigenvalue weighted by atomic mass is 35.5. The van der Waals surface area contributed by atoms with Crippen molar-refractivity contribution in [3.8, 4) is 0 Å². The first-order valence-corrected chi connectivity index (χ1v) is 8.09. The van der Waals surface area contributed by atoms with Crippen molar-refractivity contribution >= 4 is 27.3 Å². The Morgan fingerprint density at radius 2 is 1.95 bits per heavy atom. The molecule has 0 aromatic heterocycles. The molecule has 0 spiro atoms. The molecule has 0 heterocycles. The first kappa shape index (κ1) is 17.2. The summed E-state index contributed by atoms with van der Waals surface area (Å²) in [6.45, 7) is 6.79. The summed E-state index contributed by atoms with van der Waals surface area (Å²) >= 11 is 5.99. The summed E-state index contributed by atoms with van der Waals surface area (Å²) in [4.78, 5) is 0.0386. The first-order chi connectivity index (χ1) is 8.99. The molecule has 1 rings (SSSR count). The van der Waals surface area contributed by atoms with Gasteiger partial charge in [-0.1, -0.05) is 18.5 Å². The van der Waals surface area contributed by atoms with Crippen molar-refractivity contribution < 1.29 is 13.5 Å². The van der Waals surface area contributed by atoms with E-state index in [-0.39, 0.29) is 18.0 Å². The standard InChI is InChI=1S/C13H21ClN2O3S/c1-5-16(8-13(3,4)17)20(18,19)10-6-11(14)9(2)12(15)7-10/h6-7,17H,5,8,15H2,1-4H3. The van der Waals surface area contributed by atoms with Gasteiger partial charge in [-0.25, -0.2) is 8.42 Å². The molecule has 20 heavy (non-hydrogen) atoms. The molecule has 0 saturated heterocycles. The molecular weight excluding hydrogens is 300 g/mol. The monoisotopic (exact) mass is 320 g/mol. The Morgan fingerprint density at radius 3 is 2.35 bits per heavy atom. The topological polar surface area (TPSA) is 83.6 Å². The lowest BCUT2D eigenvalue weighted by Crippen LogP contribution is -2.42. The molecule has 1 aromatic carbocycles. The van der Waals surface area contributed by atoms with E-state index in [1.807, 2.05) is 0 Å². The van der Waals surface area contributed by atoms with Gasteiger partial charge >= 0.3 is 0 Å². The van der Waals surface area contributed by atoms with E-state index >= 15 is 0 Å². The predicted molar refractivity (Wildman–Crippen MR) is 81.3 cm³/mol. The molecule has 0 atom stereocenters. The lowest BCUT2D eigenvalue weighted by Gasteiger charge is -2.27. The Labute approximate surface area is 125 Å². The minimum atomic E-state index is -3.74. The third-order valence-electron chi connectivity index (χ3n) is 2.91. The highest BCUT2D eigenvalue weighted by molar-refractivity contribution is 7.89. The summed E-state index contributed by atoms with van der Waals surface area (Å²) in [5, 5.41) is 10.1. The molecule has 1 aromatic rings. The van der Waals surface area contributed by atoms with Crippen LogP contribution in [0, 0.1) is 6.92 Å². The Hall–Kier alpha value is -0.820. The molecule has 5 nitrogen and oxygen atoms in total. The van der Waals surface area contributed by atoms with Crippen molar-refractivity contribution in [3.05, 3.63) is 22.7 Å². The molecule has 0 amide bonds. The fraction of sp³-hybridized carbons (Fsp3) is 0.538. The summed E-state index contributed by atoms with van der Waals surface area (Å²) < 4.78 is 26.3. The lowest BCUT2D eigenvalue weighted by molar-refractivity contribution is 0.0601. The average molecular weight is 321 g/mol. The summed E-state index contributed by atoms with van der Waals surface area (Å²) in [6, 6.07) is 2.78. The molecule has 114 valence electrons. The van der Waals surface area contributed by atoms with E-state index in [9.17, 15) is 13.5 Å². The largest absolute Gasteiger partial charge is 0.398 e. The number of sulfonamides is 1. The normalized spacial score (nSPS) is 12.9. The van der Waals surface area contributed by atoms with Crippen LogP contribution in [-0.2, 0) is 10.0 Å².